The molecule has 0 heterocycles. The molecule has 0 aromatic carbocycles. The minimum Gasteiger partial charge on any atom is -0.462 e. The second-order valence-electron chi connectivity index (χ2n) is 16.0. The van der Waals surface area contributed by atoms with E-state index in [1.807, 2.05) is 6.08 Å². The van der Waals surface area contributed by atoms with Crippen molar-refractivity contribution in [3.63, 3.8) is 0 Å². The summed E-state index contributed by atoms with van der Waals surface area (Å²) in [4.78, 5) is 37.8. The quantitative estimate of drug-likeness (QED) is 0.0264. The number of esters is 3. The lowest BCUT2D eigenvalue weighted by Gasteiger charge is -2.18. The van der Waals surface area contributed by atoms with Gasteiger partial charge in [-0.15, -0.1) is 0 Å². The number of carbonyl (C=O) groups is 3. The summed E-state index contributed by atoms with van der Waals surface area (Å²) in [5.74, 6) is -1.05. The van der Waals surface area contributed by atoms with Crippen molar-refractivity contribution in [2.75, 3.05) is 13.2 Å². The zero-order valence-corrected chi connectivity index (χ0v) is 38.5. The molecule has 0 bridgehead atoms. The Morgan fingerprint density at radius 2 is 0.729 bits per heavy atom. The normalized spacial score (nSPS) is 12.7. The van der Waals surface area contributed by atoms with Gasteiger partial charge in [-0.2, -0.15) is 0 Å². The van der Waals surface area contributed by atoms with Crippen LogP contribution in [0.4, 0.5) is 0 Å². The van der Waals surface area contributed by atoms with E-state index in [0.29, 0.717) is 12.8 Å². The Labute approximate surface area is 363 Å². The first-order valence-electron chi connectivity index (χ1n) is 24.4. The topological polar surface area (TPSA) is 78.9 Å². The van der Waals surface area contributed by atoms with Gasteiger partial charge in [-0.05, 0) is 70.6 Å². The standard InChI is InChI=1S/C53H90O6/c1-4-7-10-13-16-19-22-25-26-29-31-34-37-40-43-46-52(55)58-49-50(59-53(56)47-44-41-38-35-32-28-24-21-18-15-12-9-6-3)48-57-51(54)45-42-39-36-33-30-27-23-20-17-14-11-8-5-2/h7,10,16,19,21,24-26,31,34,40,43,50H,4-6,8-9,11-15,17-18,20,22-23,27-30,32-33,35-39,41-42,44-49H2,1-3H3/b10-7-,19-16-,24-21-,26-25-,34-31-,43-40-. The molecule has 0 fully saturated rings. The van der Waals surface area contributed by atoms with E-state index in [-0.39, 0.29) is 31.6 Å². The zero-order valence-electron chi connectivity index (χ0n) is 38.5. The van der Waals surface area contributed by atoms with E-state index < -0.39 is 12.1 Å². The highest BCUT2D eigenvalue weighted by Gasteiger charge is 2.19. The minimum absolute atomic E-state index is 0.107. The number of hydrogen-bond acceptors (Lipinski definition) is 6. The number of hydrogen-bond donors (Lipinski definition) is 0. The van der Waals surface area contributed by atoms with E-state index in [1.165, 1.54) is 103 Å². The summed E-state index contributed by atoms with van der Waals surface area (Å²) >= 11 is 0. The fourth-order valence-corrected chi connectivity index (χ4v) is 6.57. The molecule has 1 unspecified atom stereocenters. The van der Waals surface area contributed by atoms with Crippen LogP contribution in [0.25, 0.3) is 0 Å². The molecule has 0 aliphatic rings. The third-order valence-corrected chi connectivity index (χ3v) is 10.2. The van der Waals surface area contributed by atoms with Gasteiger partial charge in [-0.1, -0.05) is 209 Å². The van der Waals surface area contributed by atoms with Gasteiger partial charge in [-0.25, -0.2) is 0 Å². The summed E-state index contributed by atoms with van der Waals surface area (Å²) in [6, 6.07) is 0. The van der Waals surface area contributed by atoms with Crippen molar-refractivity contribution >= 4 is 17.9 Å². The molecule has 59 heavy (non-hydrogen) atoms. The molecule has 0 spiro atoms. The lowest BCUT2D eigenvalue weighted by molar-refractivity contribution is -0.166. The summed E-state index contributed by atoms with van der Waals surface area (Å²) in [5, 5.41) is 0. The van der Waals surface area contributed by atoms with Gasteiger partial charge < -0.3 is 14.2 Å². The van der Waals surface area contributed by atoms with Gasteiger partial charge in [0, 0.05) is 12.8 Å². The summed E-state index contributed by atoms with van der Waals surface area (Å²) < 4.78 is 16.6. The predicted octanol–water partition coefficient (Wildman–Crippen LogP) is 15.9. The van der Waals surface area contributed by atoms with E-state index in [9.17, 15) is 14.4 Å². The first kappa shape index (κ1) is 55.9. The maximum absolute atomic E-state index is 12.7. The number of carbonyl (C=O) groups excluding carboxylic acids is 3. The van der Waals surface area contributed by atoms with Gasteiger partial charge in [0.15, 0.2) is 6.10 Å². The lowest BCUT2D eigenvalue weighted by atomic mass is 10.0. The van der Waals surface area contributed by atoms with Crippen molar-refractivity contribution in [1.29, 1.82) is 0 Å². The fraction of sp³-hybridized carbons (Fsp3) is 0.717. The van der Waals surface area contributed by atoms with Gasteiger partial charge in [0.1, 0.15) is 13.2 Å². The monoisotopic (exact) mass is 823 g/mol. The summed E-state index contributed by atoms with van der Waals surface area (Å²) in [7, 11) is 0. The Bertz CT molecular complexity index is 1130. The second kappa shape index (κ2) is 47.5. The highest BCUT2D eigenvalue weighted by molar-refractivity contribution is 5.72. The maximum atomic E-state index is 12.7. The van der Waals surface area contributed by atoms with Gasteiger partial charge in [0.2, 0.25) is 0 Å². The van der Waals surface area contributed by atoms with Crippen molar-refractivity contribution in [1.82, 2.24) is 0 Å². The predicted molar refractivity (Wildman–Crippen MR) is 251 cm³/mol. The Morgan fingerprint density at radius 3 is 1.19 bits per heavy atom. The first-order valence-corrected chi connectivity index (χ1v) is 24.4. The van der Waals surface area contributed by atoms with E-state index in [1.54, 1.807) is 6.08 Å². The Kier molecular flexibility index (Phi) is 45.0. The molecule has 0 saturated carbocycles. The van der Waals surface area contributed by atoms with Gasteiger partial charge >= 0.3 is 17.9 Å². The number of rotatable bonds is 43. The van der Waals surface area contributed by atoms with E-state index >= 15 is 0 Å². The number of ether oxygens (including phenoxy) is 3. The molecule has 0 aliphatic carbocycles. The summed E-state index contributed by atoms with van der Waals surface area (Å²) in [6.45, 7) is 6.40. The second-order valence-corrected chi connectivity index (χ2v) is 16.0. The Hall–Kier alpha value is -3.15. The third kappa shape index (κ3) is 45.8. The van der Waals surface area contributed by atoms with Crippen LogP contribution < -0.4 is 0 Å². The van der Waals surface area contributed by atoms with Gasteiger partial charge in [0.05, 0.1) is 6.42 Å². The lowest BCUT2D eigenvalue weighted by Crippen LogP contribution is -2.30. The van der Waals surface area contributed by atoms with Crippen LogP contribution in [0.2, 0.25) is 0 Å². The molecule has 0 saturated heterocycles. The van der Waals surface area contributed by atoms with Crippen LogP contribution in [0.1, 0.15) is 226 Å². The van der Waals surface area contributed by atoms with Crippen LogP contribution >= 0.6 is 0 Å². The highest BCUT2D eigenvalue weighted by atomic mass is 16.6. The smallest absolute Gasteiger partial charge is 0.309 e. The molecule has 6 nitrogen and oxygen atoms in total. The van der Waals surface area contributed by atoms with Crippen LogP contribution in [0.15, 0.2) is 72.9 Å². The summed E-state index contributed by atoms with van der Waals surface area (Å²) in [5.41, 5.74) is 0. The number of allylic oxidation sites excluding steroid dienone is 11. The molecule has 0 amide bonds. The van der Waals surface area contributed by atoms with Crippen LogP contribution in [0.5, 0.6) is 0 Å². The molecule has 0 aliphatic heterocycles. The Balaban J connectivity index is 4.51. The van der Waals surface area contributed by atoms with Crippen molar-refractivity contribution in [2.24, 2.45) is 0 Å². The van der Waals surface area contributed by atoms with Crippen molar-refractivity contribution < 1.29 is 28.6 Å². The van der Waals surface area contributed by atoms with E-state index in [0.717, 1.165) is 83.5 Å². The Morgan fingerprint density at radius 1 is 0.373 bits per heavy atom. The molecule has 0 radical (unpaired) electrons. The molecule has 1 atom stereocenters. The molecular weight excluding hydrogens is 733 g/mol. The van der Waals surface area contributed by atoms with Crippen molar-refractivity contribution in [3.8, 4) is 0 Å². The third-order valence-electron chi connectivity index (χ3n) is 10.2. The number of unbranched alkanes of at least 4 members (excludes halogenated alkanes) is 21. The SMILES string of the molecule is CC/C=C\C/C=C\C/C=C\C/C=C\C/C=C\CC(=O)OCC(COC(=O)CCCCCCCCCCCCCCC)OC(=O)CCCCCCC/C=C\CCCCCC. The molecular formula is C53H90O6. The molecule has 6 heteroatoms. The van der Waals surface area contributed by atoms with Crippen LogP contribution in [0, 0.1) is 0 Å². The summed E-state index contributed by atoms with van der Waals surface area (Å²) in [6.07, 6.45) is 59.0. The van der Waals surface area contributed by atoms with Crippen LogP contribution in [-0.2, 0) is 28.6 Å². The molecule has 0 aromatic rings. The minimum atomic E-state index is -0.816. The van der Waals surface area contributed by atoms with Gasteiger partial charge in [0.25, 0.3) is 0 Å². The van der Waals surface area contributed by atoms with E-state index in [4.69, 9.17) is 14.2 Å². The molecule has 0 rings (SSSR count). The van der Waals surface area contributed by atoms with E-state index in [2.05, 4.69) is 81.5 Å². The van der Waals surface area contributed by atoms with Crippen LogP contribution in [-0.4, -0.2) is 37.2 Å². The van der Waals surface area contributed by atoms with Crippen molar-refractivity contribution in [2.45, 2.75) is 232 Å². The van der Waals surface area contributed by atoms with Crippen LogP contribution in [0.3, 0.4) is 0 Å². The maximum Gasteiger partial charge on any atom is 0.309 e. The van der Waals surface area contributed by atoms with Crippen molar-refractivity contribution in [3.05, 3.63) is 72.9 Å². The highest BCUT2D eigenvalue weighted by Crippen LogP contribution is 2.14. The largest absolute Gasteiger partial charge is 0.462 e. The van der Waals surface area contributed by atoms with Gasteiger partial charge in [-0.3, -0.25) is 14.4 Å². The average molecular weight is 823 g/mol. The zero-order chi connectivity index (χ0) is 43.0. The first-order chi connectivity index (χ1) is 29.0. The molecule has 0 N–H and O–H groups in total. The average Bonchev–Trinajstić information content (AvgIpc) is 3.23. The fourth-order valence-electron chi connectivity index (χ4n) is 6.57. The molecule has 0 aromatic heterocycles. The molecule has 338 valence electrons.